The zero-order valence-corrected chi connectivity index (χ0v) is 16.2. The van der Waals surface area contributed by atoms with Crippen molar-refractivity contribution in [2.45, 2.75) is 16.5 Å². The maximum Gasteiger partial charge on any atom is 0.284 e. The predicted molar refractivity (Wildman–Crippen MR) is 104 cm³/mol. The Morgan fingerprint density at radius 2 is 2.04 bits per heavy atom. The third-order valence-corrected chi connectivity index (χ3v) is 5.93. The van der Waals surface area contributed by atoms with E-state index in [-0.39, 0.29) is 4.84 Å². The summed E-state index contributed by atoms with van der Waals surface area (Å²) < 4.78 is 11.4. The molecule has 4 aromatic rings. The highest BCUT2D eigenvalue weighted by Gasteiger charge is 2.09. The van der Waals surface area contributed by atoms with Gasteiger partial charge in [-0.15, -0.1) is 15.3 Å². The van der Waals surface area contributed by atoms with E-state index in [0.717, 1.165) is 26.9 Å². The lowest BCUT2D eigenvalue weighted by atomic mass is 10.1. The molecule has 0 amide bonds. The number of ether oxygens (including phenoxy) is 1. The Hall–Kier alpha value is -2.23. The van der Waals surface area contributed by atoms with Crippen LogP contribution in [0.2, 0.25) is 0 Å². The van der Waals surface area contributed by atoms with E-state index >= 15 is 0 Å². The summed E-state index contributed by atoms with van der Waals surface area (Å²) in [7, 11) is 1.68. The monoisotopic (exact) mass is 402 g/mol. The van der Waals surface area contributed by atoms with Gasteiger partial charge in [0.1, 0.15) is 10.8 Å². The Balaban J connectivity index is 1.44. The number of benzene rings is 2. The fraction of sp³-hybridized carbons (Fsp3) is 0.176. The van der Waals surface area contributed by atoms with Crippen molar-refractivity contribution in [2.24, 2.45) is 0 Å². The van der Waals surface area contributed by atoms with E-state index in [1.807, 2.05) is 12.1 Å². The summed E-state index contributed by atoms with van der Waals surface area (Å²) in [6.45, 7) is 0. The van der Waals surface area contributed by atoms with Gasteiger partial charge in [0.2, 0.25) is 5.89 Å². The molecular formula is C17H14N4O2S3. The molecule has 0 spiro atoms. The minimum absolute atomic E-state index is 0.285. The molecule has 0 aliphatic carbocycles. The molecule has 0 saturated heterocycles. The van der Waals surface area contributed by atoms with E-state index in [9.17, 15) is 0 Å². The maximum absolute atomic E-state index is 5.27. The molecule has 0 saturated carbocycles. The van der Waals surface area contributed by atoms with Crippen LogP contribution in [-0.2, 0) is 12.2 Å². The number of methoxy groups -OCH3 is 1. The molecule has 0 radical (unpaired) electrons. The van der Waals surface area contributed by atoms with Crippen molar-refractivity contribution in [3.63, 3.8) is 0 Å². The third kappa shape index (κ3) is 3.95. The first-order valence-corrected chi connectivity index (χ1v) is 9.97. The topological polar surface area (TPSA) is 76.8 Å². The normalized spacial score (nSPS) is 11.1. The number of nitrogens with zero attached hydrogens (tertiary/aromatic N) is 3. The second-order valence-corrected chi connectivity index (χ2v) is 8.14. The SMILES string of the molecule is COc1ccc2cc(Cc3nnc(SCc4n[nH]c(=S)o4)s3)ccc2c1. The summed E-state index contributed by atoms with van der Waals surface area (Å²) in [6, 6.07) is 12.5. The van der Waals surface area contributed by atoms with Crippen molar-refractivity contribution in [2.75, 3.05) is 7.11 Å². The molecule has 2 heterocycles. The molecule has 0 aliphatic heterocycles. The molecule has 4 rings (SSSR count). The number of hydrogen-bond donors (Lipinski definition) is 1. The Labute approximate surface area is 162 Å². The van der Waals surface area contributed by atoms with Gasteiger partial charge in [-0.3, -0.25) is 0 Å². The molecule has 1 N–H and O–H groups in total. The molecule has 0 bridgehead atoms. The Morgan fingerprint density at radius 3 is 2.85 bits per heavy atom. The fourth-order valence-corrected chi connectivity index (χ4v) is 4.41. The Morgan fingerprint density at radius 1 is 1.19 bits per heavy atom. The number of hydrogen-bond acceptors (Lipinski definition) is 8. The smallest absolute Gasteiger partial charge is 0.284 e. The first-order valence-electron chi connectivity index (χ1n) is 7.76. The summed E-state index contributed by atoms with van der Waals surface area (Å²) in [4.78, 5) is 0.285. The lowest BCUT2D eigenvalue weighted by molar-refractivity contribution is 0.415. The summed E-state index contributed by atoms with van der Waals surface area (Å²) in [5.41, 5.74) is 1.20. The van der Waals surface area contributed by atoms with Gasteiger partial charge < -0.3 is 9.15 Å². The summed E-state index contributed by atoms with van der Waals surface area (Å²) >= 11 is 7.98. The number of H-pyrrole nitrogens is 1. The van der Waals surface area contributed by atoms with Crippen molar-refractivity contribution < 1.29 is 9.15 Å². The van der Waals surface area contributed by atoms with Crippen LogP contribution in [0.25, 0.3) is 10.8 Å². The summed E-state index contributed by atoms with van der Waals surface area (Å²) in [6.07, 6.45) is 0.753. The van der Waals surface area contributed by atoms with Gasteiger partial charge >= 0.3 is 0 Å². The second kappa shape index (κ2) is 7.56. The number of fused-ring (bicyclic) bond motifs is 1. The van der Waals surface area contributed by atoms with Crippen molar-refractivity contribution in [1.82, 2.24) is 20.4 Å². The molecule has 0 unspecified atom stereocenters. The van der Waals surface area contributed by atoms with Crippen LogP contribution in [0.1, 0.15) is 16.5 Å². The minimum Gasteiger partial charge on any atom is -0.497 e. The van der Waals surface area contributed by atoms with Crippen molar-refractivity contribution in [3.8, 4) is 5.75 Å². The Bertz CT molecular complexity index is 1100. The van der Waals surface area contributed by atoms with E-state index in [1.165, 1.54) is 22.7 Å². The minimum atomic E-state index is 0.285. The average molecular weight is 403 g/mol. The lowest BCUT2D eigenvalue weighted by Crippen LogP contribution is -1.88. The van der Waals surface area contributed by atoms with Crippen LogP contribution in [-0.4, -0.2) is 27.5 Å². The first-order chi connectivity index (χ1) is 12.7. The number of rotatable bonds is 6. The highest BCUT2D eigenvalue weighted by atomic mass is 32.2. The largest absolute Gasteiger partial charge is 0.497 e. The average Bonchev–Trinajstić information content (AvgIpc) is 3.28. The van der Waals surface area contributed by atoms with Crippen LogP contribution >= 0.6 is 35.3 Å². The van der Waals surface area contributed by atoms with Crippen LogP contribution in [0.3, 0.4) is 0 Å². The zero-order valence-electron chi connectivity index (χ0n) is 13.8. The van der Waals surface area contributed by atoms with E-state index in [0.29, 0.717) is 11.6 Å². The number of aromatic nitrogens is 4. The lowest BCUT2D eigenvalue weighted by Gasteiger charge is -2.04. The van der Waals surface area contributed by atoms with Crippen molar-refractivity contribution in [1.29, 1.82) is 0 Å². The maximum atomic E-state index is 5.27. The van der Waals surface area contributed by atoms with Crippen LogP contribution in [0.5, 0.6) is 5.75 Å². The molecule has 132 valence electrons. The number of thioether (sulfide) groups is 1. The van der Waals surface area contributed by atoms with Crippen LogP contribution in [0, 0.1) is 4.84 Å². The molecule has 0 fully saturated rings. The van der Waals surface area contributed by atoms with Gasteiger partial charge in [-0.25, -0.2) is 5.10 Å². The first kappa shape index (κ1) is 17.2. The van der Waals surface area contributed by atoms with Gasteiger partial charge in [0.25, 0.3) is 4.84 Å². The van der Waals surface area contributed by atoms with Gasteiger partial charge in [0.05, 0.1) is 12.9 Å². The fourth-order valence-electron chi connectivity index (χ4n) is 2.50. The van der Waals surface area contributed by atoms with Crippen LogP contribution in [0.4, 0.5) is 0 Å². The second-order valence-electron chi connectivity index (χ2n) is 5.48. The van der Waals surface area contributed by atoms with Gasteiger partial charge in [-0.1, -0.05) is 47.4 Å². The molecule has 9 heteroatoms. The van der Waals surface area contributed by atoms with Gasteiger partial charge in [0.15, 0.2) is 4.34 Å². The van der Waals surface area contributed by atoms with E-state index in [2.05, 4.69) is 44.7 Å². The molecule has 2 aromatic carbocycles. The van der Waals surface area contributed by atoms with E-state index in [4.69, 9.17) is 21.4 Å². The van der Waals surface area contributed by atoms with Crippen molar-refractivity contribution >= 4 is 46.1 Å². The predicted octanol–water partition coefficient (Wildman–Crippen LogP) is 4.63. The summed E-state index contributed by atoms with van der Waals surface area (Å²) in [5.74, 6) is 1.99. The van der Waals surface area contributed by atoms with E-state index < -0.39 is 0 Å². The standard InChI is InChI=1S/C17H14N4O2S3/c1-22-13-5-4-11-6-10(2-3-12(11)8-13)7-15-19-21-17(26-15)25-9-14-18-20-16(24)23-14/h2-6,8H,7,9H2,1H3,(H,20,24). The summed E-state index contributed by atoms with van der Waals surface area (Å²) in [5, 5.41) is 18.4. The highest BCUT2D eigenvalue weighted by Crippen LogP contribution is 2.28. The van der Waals surface area contributed by atoms with Gasteiger partial charge in [-0.05, 0) is 40.7 Å². The highest BCUT2D eigenvalue weighted by molar-refractivity contribution is 8.00. The quantitative estimate of drug-likeness (QED) is 0.372. The van der Waals surface area contributed by atoms with Crippen LogP contribution < -0.4 is 4.74 Å². The van der Waals surface area contributed by atoms with Crippen molar-refractivity contribution in [3.05, 3.63) is 57.7 Å². The molecule has 0 aliphatic rings. The van der Waals surface area contributed by atoms with Gasteiger partial charge in [-0.2, -0.15) is 0 Å². The number of nitrogens with one attached hydrogen (secondary N) is 1. The molecule has 26 heavy (non-hydrogen) atoms. The Kier molecular flexibility index (Phi) is 5.00. The zero-order chi connectivity index (χ0) is 17.9. The van der Waals surface area contributed by atoms with Gasteiger partial charge in [0, 0.05) is 6.42 Å². The molecular weight excluding hydrogens is 388 g/mol. The third-order valence-electron chi connectivity index (χ3n) is 3.72. The van der Waals surface area contributed by atoms with Crippen LogP contribution in [0.15, 0.2) is 45.2 Å². The number of aromatic amines is 1. The molecule has 6 nitrogen and oxygen atoms in total. The van der Waals surface area contributed by atoms with E-state index in [1.54, 1.807) is 18.4 Å². The molecule has 0 atom stereocenters. The molecule has 2 aromatic heterocycles.